The minimum absolute atomic E-state index is 0.00502. The van der Waals surface area contributed by atoms with Crippen LogP contribution in [0.15, 0.2) is 42.5 Å². The molecular weight excluding hydrogens is 418 g/mol. The summed E-state index contributed by atoms with van der Waals surface area (Å²) in [6, 6.07) is 11.7. The third kappa shape index (κ3) is 4.23. The Labute approximate surface area is 186 Å². The van der Waals surface area contributed by atoms with Crippen LogP contribution in [0.3, 0.4) is 0 Å². The molecule has 1 amide bonds. The summed E-state index contributed by atoms with van der Waals surface area (Å²) in [6.45, 7) is 1.87. The molecule has 166 valence electrons. The topological polar surface area (TPSA) is 41.6 Å². The first kappa shape index (κ1) is 22.2. The fourth-order valence-corrected chi connectivity index (χ4v) is 5.63. The number of hydrogen-bond acceptors (Lipinski definition) is 4. The van der Waals surface area contributed by atoms with Gasteiger partial charge < -0.3 is 10.1 Å². The van der Waals surface area contributed by atoms with Crippen LogP contribution in [0.25, 0.3) is 0 Å². The molecule has 2 atom stereocenters. The van der Waals surface area contributed by atoms with Gasteiger partial charge in [0, 0.05) is 24.6 Å². The molecule has 0 bridgehead atoms. The lowest BCUT2D eigenvalue weighted by Gasteiger charge is -2.44. The summed E-state index contributed by atoms with van der Waals surface area (Å²) in [5, 5.41) is 3.18. The van der Waals surface area contributed by atoms with E-state index in [0.717, 1.165) is 37.6 Å². The van der Waals surface area contributed by atoms with E-state index < -0.39 is 5.82 Å². The number of piperidine rings is 1. The highest BCUT2D eigenvalue weighted by Gasteiger charge is 2.53. The molecule has 1 aliphatic heterocycles. The number of likely N-dealkylation sites (tertiary alicyclic amines) is 1. The lowest BCUT2D eigenvalue weighted by atomic mass is 9.72. The monoisotopic (exact) mass is 446 g/mol. The van der Waals surface area contributed by atoms with E-state index in [9.17, 15) is 13.6 Å². The highest BCUT2D eigenvalue weighted by molar-refractivity contribution is 7.99. The van der Waals surface area contributed by atoms with E-state index in [1.165, 1.54) is 29.5 Å². The third-order valence-corrected chi connectivity index (χ3v) is 7.23. The Morgan fingerprint density at radius 3 is 2.68 bits per heavy atom. The summed E-state index contributed by atoms with van der Waals surface area (Å²) in [6.07, 6.45) is 3.40. The van der Waals surface area contributed by atoms with Crippen molar-refractivity contribution in [3.63, 3.8) is 0 Å². The van der Waals surface area contributed by atoms with E-state index in [1.807, 2.05) is 18.4 Å². The zero-order valence-corrected chi connectivity index (χ0v) is 18.7. The molecule has 31 heavy (non-hydrogen) atoms. The van der Waals surface area contributed by atoms with Crippen molar-refractivity contribution in [1.82, 2.24) is 10.2 Å². The summed E-state index contributed by atoms with van der Waals surface area (Å²) in [5.74, 6) is -0.378. The van der Waals surface area contributed by atoms with Crippen molar-refractivity contribution in [2.24, 2.45) is 0 Å². The lowest BCUT2D eigenvalue weighted by molar-refractivity contribution is -0.121. The Hall–Kier alpha value is -1.96. The maximum Gasteiger partial charge on any atom is 0.230 e. The van der Waals surface area contributed by atoms with Crippen LogP contribution in [0.2, 0.25) is 0 Å². The average molecular weight is 447 g/mol. The number of methoxy groups -OCH3 is 1. The summed E-state index contributed by atoms with van der Waals surface area (Å²) in [5.41, 5.74) is 2.52. The normalized spacial score (nSPS) is 22.5. The molecular formula is C24H28F2N2O2S. The first-order valence-electron chi connectivity index (χ1n) is 10.6. The molecule has 1 saturated heterocycles. The molecule has 1 aliphatic carbocycles. The van der Waals surface area contributed by atoms with Gasteiger partial charge in [-0.3, -0.25) is 9.69 Å². The number of ether oxygens (including phenoxy) is 1. The Morgan fingerprint density at radius 1 is 1.23 bits per heavy atom. The van der Waals surface area contributed by atoms with Crippen LogP contribution in [0.1, 0.15) is 35.6 Å². The van der Waals surface area contributed by atoms with Crippen LogP contribution >= 0.6 is 11.8 Å². The van der Waals surface area contributed by atoms with Gasteiger partial charge in [0.2, 0.25) is 5.91 Å². The molecule has 1 fully saturated rings. The van der Waals surface area contributed by atoms with Crippen molar-refractivity contribution in [2.45, 2.75) is 36.9 Å². The fraction of sp³-hybridized carbons (Fsp3) is 0.458. The molecule has 4 nitrogen and oxygen atoms in total. The molecule has 0 unspecified atom stereocenters. The number of fused-ring (bicyclic) bond motifs is 2. The number of nitrogens with one attached hydrogen (secondary N) is 1. The number of halogens is 2. The van der Waals surface area contributed by atoms with Crippen LogP contribution in [0, 0.1) is 11.6 Å². The molecule has 0 radical (unpaired) electrons. The molecule has 0 aromatic heterocycles. The largest absolute Gasteiger partial charge is 0.378 e. The Bertz CT molecular complexity index is 947. The fourth-order valence-electron chi connectivity index (χ4n) is 5.29. The van der Waals surface area contributed by atoms with E-state index in [-0.39, 0.29) is 29.3 Å². The predicted octanol–water partition coefficient (Wildman–Crippen LogP) is 4.05. The van der Waals surface area contributed by atoms with Crippen molar-refractivity contribution in [2.75, 3.05) is 32.2 Å². The minimum atomic E-state index is -0.419. The standard InChI is InChI=1S/C24H28F2N2O2S/c1-30-23-22(27-21(29)15-31-2)18-5-3-4-6-19(18)24(23)9-11-28(12-10-24)14-16-13-17(25)7-8-20(16)26/h3-8,13,22-23H,9-12,14-15H2,1-2H3,(H,27,29)/t22-,23+/m1/s1. The van der Waals surface area contributed by atoms with E-state index in [0.29, 0.717) is 17.9 Å². The SMILES string of the molecule is CO[C@H]1[C@H](NC(=O)CSC)c2ccccc2C12CCN(Cc1cc(F)ccc1F)CC2. The van der Waals surface area contributed by atoms with Gasteiger partial charge >= 0.3 is 0 Å². The van der Waals surface area contributed by atoms with E-state index >= 15 is 0 Å². The van der Waals surface area contributed by atoms with Crippen LogP contribution in [-0.2, 0) is 21.5 Å². The second-order valence-corrected chi connectivity index (χ2v) is 9.26. The summed E-state index contributed by atoms with van der Waals surface area (Å²) >= 11 is 1.50. The highest BCUT2D eigenvalue weighted by atomic mass is 32.2. The van der Waals surface area contributed by atoms with Gasteiger partial charge in [-0.2, -0.15) is 11.8 Å². The van der Waals surface area contributed by atoms with Crippen LogP contribution in [-0.4, -0.2) is 49.1 Å². The number of benzene rings is 2. The quantitative estimate of drug-likeness (QED) is 0.727. The maximum absolute atomic E-state index is 14.1. The number of hydrogen-bond donors (Lipinski definition) is 1. The van der Waals surface area contributed by atoms with Crippen molar-refractivity contribution in [1.29, 1.82) is 0 Å². The molecule has 2 aromatic carbocycles. The number of carbonyl (C=O) groups is 1. The van der Waals surface area contributed by atoms with E-state index in [1.54, 1.807) is 7.11 Å². The number of thioether (sulfide) groups is 1. The van der Waals surface area contributed by atoms with Gasteiger partial charge in [0.25, 0.3) is 0 Å². The Balaban J connectivity index is 1.55. The second kappa shape index (κ2) is 9.27. The van der Waals surface area contributed by atoms with Crippen molar-refractivity contribution >= 4 is 17.7 Å². The third-order valence-electron chi connectivity index (χ3n) is 6.68. The zero-order chi connectivity index (χ0) is 22.0. The van der Waals surface area contributed by atoms with Gasteiger partial charge in [0.1, 0.15) is 11.6 Å². The van der Waals surface area contributed by atoms with Gasteiger partial charge in [0.15, 0.2) is 0 Å². The number of carbonyl (C=O) groups excluding carboxylic acids is 1. The number of amides is 1. The highest BCUT2D eigenvalue weighted by Crippen LogP contribution is 2.52. The van der Waals surface area contributed by atoms with E-state index in [4.69, 9.17) is 4.74 Å². The van der Waals surface area contributed by atoms with Gasteiger partial charge in [-0.15, -0.1) is 0 Å². The molecule has 2 aromatic rings. The van der Waals surface area contributed by atoms with Crippen molar-refractivity contribution in [3.8, 4) is 0 Å². The molecule has 7 heteroatoms. The van der Waals surface area contributed by atoms with Gasteiger partial charge in [-0.05, 0) is 61.5 Å². The molecule has 1 N–H and O–H groups in total. The summed E-state index contributed by atoms with van der Waals surface area (Å²) in [7, 11) is 1.71. The summed E-state index contributed by atoms with van der Waals surface area (Å²) < 4.78 is 33.7. The van der Waals surface area contributed by atoms with Gasteiger partial charge in [-0.1, -0.05) is 24.3 Å². The van der Waals surface area contributed by atoms with Crippen LogP contribution in [0.4, 0.5) is 8.78 Å². The van der Waals surface area contributed by atoms with Crippen molar-refractivity contribution < 1.29 is 18.3 Å². The van der Waals surface area contributed by atoms with Crippen LogP contribution < -0.4 is 5.32 Å². The molecule has 1 spiro atoms. The maximum atomic E-state index is 14.1. The second-order valence-electron chi connectivity index (χ2n) is 8.39. The van der Waals surface area contributed by atoms with Crippen molar-refractivity contribution in [3.05, 3.63) is 70.8 Å². The Morgan fingerprint density at radius 2 is 1.97 bits per heavy atom. The molecule has 0 saturated carbocycles. The first-order valence-corrected chi connectivity index (χ1v) is 11.9. The summed E-state index contributed by atoms with van der Waals surface area (Å²) in [4.78, 5) is 14.6. The molecule has 4 rings (SSSR count). The smallest absolute Gasteiger partial charge is 0.230 e. The van der Waals surface area contributed by atoms with Gasteiger partial charge in [-0.25, -0.2) is 8.78 Å². The van der Waals surface area contributed by atoms with Crippen LogP contribution in [0.5, 0.6) is 0 Å². The predicted molar refractivity (Wildman–Crippen MR) is 119 cm³/mol. The van der Waals surface area contributed by atoms with Gasteiger partial charge in [0.05, 0.1) is 17.9 Å². The number of nitrogens with zero attached hydrogens (tertiary/aromatic N) is 1. The lowest BCUT2D eigenvalue weighted by Crippen LogP contribution is -2.50. The minimum Gasteiger partial charge on any atom is -0.378 e. The zero-order valence-electron chi connectivity index (χ0n) is 17.9. The Kier molecular flexibility index (Phi) is 6.65. The average Bonchev–Trinajstić information content (AvgIpc) is 3.01. The molecule has 2 aliphatic rings. The number of rotatable bonds is 6. The first-order chi connectivity index (χ1) is 15.0. The molecule has 1 heterocycles. The van der Waals surface area contributed by atoms with E-state index in [2.05, 4.69) is 22.3 Å².